The molecule has 0 bridgehead atoms. The lowest BCUT2D eigenvalue weighted by Crippen LogP contribution is -2.09. The van der Waals surface area contributed by atoms with E-state index >= 15 is 0 Å². The fraction of sp³-hybridized carbons (Fsp3) is 0.100. The number of anilines is 3. The summed E-state index contributed by atoms with van der Waals surface area (Å²) < 4.78 is 27.5. The van der Waals surface area contributed by atoms with Crippen LogP contribution in [0.15, 0.2) is 67.1 Å². The third kappa shape index (κ3) is 3.67. The standard InChI is InChI=1S/C20H19N5O2S/c1-25-18-8-10-22-20(17(18)12-19(25)14-5-4-9-21-13-14)23-15-6-3-7-16(11-15)24-28(2,26)27/h3-13,24H,1-2H3,(H,22,23). The number of hydrogen-bond donors (Lipinski definition) is 2. The molecule has 0 amide bonds. The Morgan fingerprint density at radius 1 is 1.00 bits per heavy atom. The number of benzene rings is 1. The molecular weight excluding hydrogens is 374 g/mol. The van der Waals surface area contributed by atoms with Crippen molar-refractivity contribution in [2.75, 3.05) is 16.3 Å². The number of pyridine rings is 2. The van der Waals surface area contributed by atoms with Gasteiger partial charge in [0.25, 0.3) is 0 Å². The highest BCUT2D eigenvalue weighted by Gasteiger charge is 2.12. The lowest BCUT2D eigenvalue weighted by Gasteiger charge is -2.09. The molecule has 7 nitrogen and oxygen atoms in total. The third-order valence-corrected chi connectivity index (χ3v) is 4.96. The van der Waals surface area contributed by atoms with Crippen molar-refractivity contribution in [3.05, 3.63) is 67.1 Å². The number of aromatic nitrogens is 3. The second-order valence-corrected chi connectivity index (χ2v) is 8.25. The van der Waals surface area contributed by atoms with E-state index in [1.807, 2.05) is 37.5 Å². The number of fused-ring (bicyclic) bond motifs is 1. The smallest absolute Gasteiger partial charge is 0.229 e. The average Bonchev–Trinajstić information content (AvgIpc) is 2.99. The van der Waals surface area contributed by atoms with Crippen molar-refractivity contribution in [3.8, 4) is 11.3 Å². The van der Waals surface area contributed by atoms with Crippen LogP contribution in [0.5, 0.6) is 0 Å². The van der Waals surface area contributed by atoms with Gasteiger partial charge in [0.1, 0.15) is 5.82 Å². The molecule has 142 valence electrons. The predicted molar refractivity (Wildman–Crippen MR) is 112 cm³/mol. The molecule has 3 aromatic heterocycles. The number of nitrogens with one attached hydrogen (secondary N) is 2. The van der Waals surface area contributed by atoms with Crippen LogP contribution in [0.3, 0.4) is 0 Å². The quantitative estimate of drug-likeness (QED) is 0.539. The van der Waals surface area contributed by atoms with Crippen LogP contribution in [0.2, 0.25) is 0 Å². The van der Waals surface area contributed by atoms with Gasteiger partial charge in [-0.1, -0.05) is 6.07 Å². The SMILES string of the molecule is Cn1c(-c2cccnc2)cc2c(Nc3cccc(NS(C)(=O)=O)c3)nccc21. The zero-order valence-electron chi connectivity index (χ0n) is 15.4. The second kappa shape index (κ2) is 6.97. The van der Waals surface area contributed by atoms with E-state index in [1.165, 1.54) is 0 Å². The maximum atomic E-state index is 11.5. The summed E-state index contributed by atoms with van der Waals surface area (Å²) in [4.78, 5) is 8.68. The molecule has 1 aromatic carbocycles. The van der Waals surface area contributed by atoms with Gasteiger partial charge in [-0.15, -0.1) is 0 Å². The topological polar surface area (TPSA) is 88.9 Å². The maximum Gasteiger partial charge on any atom is 0.229 e. The van der Waals surface area contributed by atoms with E-state index in [0.29, 0.717) is 11.5 Å². The lowest BCUT2D eigenvalue weighted by molar-refractivity contribution is 0.607. The van der Waals surface area contributed by atoms with Crippen molar-refractivity contribution in [1.82, 2.24) is 14.5 Å². The Kier molecular flexibility index (Phi) is 4.48. The molecule has 0 spiro atoms. The first kappa shape index (κ1) is 18.0. The lowest BCUT2D eigenvalue weighted by atomic mass is 10.2. The Balaban J connectivity index is 1.73. The highest BCUT2D eigenvalue weighted by molar-refractivity contribution is 7.92. The summed E-state index contributed by atoms with van der Waals surface area (Å²) in [6, 6.07) is 15.0. The first-order valence-corrected chi connectivity index (χ1v) is 10.5. The molecule has 3 heterocycles. The molecule has 8 heteroatoms. The fourth-order valence-electron chi connectivity index (χ4n) is 3.16. The molecule has 0 saturated heterocycles. The normalized spacial score (nSPS) is 11.5. The monoisotopic (exact) mass is 393 g/mol. The van der Waals surface area contributed by atoms with E-state index in [9.17, 15) is 8.42 Å². The van der Waals surface area contributed by atoms with Crippen LogP contribution in [0, 0.1) is 0 Å². The molecule has 0 atom stereocenters. The molecule has 28 heavy (non-hydrogen) atoms. The van der Waals surface area contributed by atoms with Gasteiger partial charge in [-0.2, -0.15) is 0 Å². The van der Waals surface area contributed by atoms with Crippen LogP contribution in [0.25, 0.3) is 22.2 Å². The Morgan fingerprint density at radius 2 is 1.82 bits per heavy atom. The first-order valence-electron chi connectivity index (χ1n) is 8.60. The van der Waals surface area contributed by atoms with Crippen molar-refractivity contribution >= 4 is 38.1 Å². The number of sulfonamides is 1. The Morgan fingerprint density at radius 3 is 2.57 bits per heavy atom. The zero-order valence-corrected chi connectivity index (χ0v) is 16.2. The van der Waals surface area contributed by atoms with E-state index in [-0.39, 0.29) is 0 Å². The Labute approximate surface area is 163 Å². The van der Waals surface area contributed by atoms with Gasteiger partial charge in [0.05, 0.1) is 23.2 Å². The van der Waals surface area contributed by atoms with Gasteiger partial charge in [0, 0.05) is 42.3 Å². The number of hydrogen-bond acceptors (Lipinski definition) is 5. The number of nitrogens with zero attached hydrogens (tertiary/aromatic N) is 3. The zero-order chi connectivity index (χ0) is 19.7. The van der Waals surface area contributed by atoms with Crippen LogP contribution in [-0.2, 0) is 17.1 Å². The van der Waals surface area contributed by atoms with Crippen molar-refractivity contribution in [2.24, 2.45) is 7.05 Å². The van der Waals surface area contributed by atoms with E-state index in [0.717, 1.165) is 34.1 Å². The molecule has 2 N–H and O–H groups in total. The number of rotatable bonds is 5. The van der Waals surface area contributed by atoms with Crippen molar-refractivity contribution in [1.29, 1.82) is 0 Å². The van der Waals surface area contributed by atoms with Gasteiger partial charge in [0.2, 0.25) is 10.0 Å². The minimum Gasteiger partial charge on any atom is -0.343 e. The highest BCUT2D eigenvalue weighted by atomic mass is 32.2. The van der Waals surface area contributed by atoms with Gasteiger partial charge < -0.3 is 9.88 Å². The van der Waals surface area contributed by atoms with Gasteiger partial charge in [-0.3, -0.25) is 9.71 Å². The summed E-state index contributed by atoms with van der Waals surface area (Å²) in [5.41, 5.74) is 4.31. The van der Waals surface area contributed by atoms with Gasteiger partial charge in [-0.05, 0) is 42.5 Å². The van der Waals surface area contributed by atoms with Crippen molar-refractivity contribution < 1.29 is 8.42 Å². The summed E-state index contributed by atoms with van der Waals surface area (Å²) in [5.74, 6) is 0.694. The molecule has 0 aliphatic rings. The molecule has 0 saturated carbocycles. The number of aryl methyl sites for hydroxylation is 1. The first-order chi connectivity index (χ1) is 13.4. The van der Waals surface area contributed by atoms with Crippen molar-refractivity contribution in [2.45, 2.75) is 0 Å². The molecule has 0 fully saturated rings. The molecule has 0 unspecified atom stereocenters. The minimum absolute atomic E-state index is 0.490. The second-order valence-electron chi connectivity index (χ2n) is 6.50. The Bertz CT molecular complexity index is 1250. The summed E-state index contributed by atoms with van der Waals surface area (Å²) >= 11 is 0. The molecule has 0 aliphatic heterocycles. The molecular formula is C20H19N5O2S. The maximum absolute atomic E-state index is 11.5. The van der Waals surface area contributed by atoms with Crippen LogP contribution in [0.4, 0.5) is 17.2 Å². The van der Waals surface area contributed by atoms with Crippen LogP contribution in [0.1, 0.15) is 0 Å². The van der Waals surface area contributed by atoms with E-state index < -0.39 is 10.0 Å². The van der Waals surface area contributed by atoms with Crippen LogP contribution >= 0.6 is 0 Å². The van der Waals surface area contributed by atoms with Gasteiger partial charge >= 0.3 is 0 Å². The molecule has 4 rings (SSSR count). The van der Waals surface area contributed by atoms with Crippen molar-refractivity contribution in [3.63, 3.8) is 0 Å². The molecule has 0 radical (unpaired) electrons. The van der Waals surface area contributed by atoms with Gasteiger partial charge in [0.15, 0.2) is 0 Å². The largest absolute Gasteiger partial charge is 0.343 e. The molecule has 0 aliphatic carbocycles. The average molecular weight is 393 g/mol. The fourth-order valence-corrected chi connectivity index (χ4v) is 3.72. The summed E-state index contributed by atoms with van der Waals surface area (Å²) in [5, 5.41) is 4.25. The Hall–Kier alpha value is -3.39. The minimum atomic E-state index is -3.34. The third-order valence-electron chi connectivity index (χ3n) is 4.36. The van der Waals surface area contributed by atoms with Gasteiger partial charge in [-0.25, -0.2) is 13.4 Å². The van der Waals surface area contributed by atoms with Crippen LogP contribution < -0.4 is 10.0 Å². The van der Waals surface area contributed by atoms with E-state index in [1.54, 1.807) is 30.6 Å². The van der Waals surface area contributed by atoms with Crippen LogP contribution in [-0.4, -0.2) is 29.2 Å². The predicted octanol–water partition coefficient (Wildman–Crippen LogP) is 3.75. The summed E-state index contributed by atoms with van der Waals surface area (Å²) in [7, 11) is -1.33. The van der Waals surface area contributed by atoms with E-state index in [4.69, 9.17) is 0 Å². The summed E-state index contributed by atoms with van der Waals surface area (Å²) in [6.07, 6.45) is 6.45. The van der Waals surface area contributed by atoms with E-state index in [2.05, 4.69) is 30.6 Å². The summed E-state index contributed by atoms with van der Waals surface area (Å²) in [6.45, 7) is 0. The molecule has 4 aromatic rings. The highest BCUT2D eigenvalue weighted by Crippen LogP contribution is 2.32.